The van der Waals surface area contributed by atoms with Crippen LogP contribution in [0.15, 0.2) is 47.4 Å². The van der Waals surface area contributed by atoms with Crippen molar-refractivity contribution in [2.24, 2.45) is 0 Å². The van der Waals surface area contributed by atoms with Gasteiger partial charge in [-0.2, -0.15) is 0 Å². The zero-order chi connectivity index (χ0) is 20.9. The van der Waals surface area contributed by atoms with Crippen molar-refractivity contribution < 1.29 is 23.3 Å². The van der Waals surface area contributed by atoms with Crippen LogP contribution in [-0.4, -0.2) is 35.1 Å². The fourth-order valence-corrected chi connectivity index (χ4v) is 5.42. The molecular formula is C22H29N2O4S+. The van der Waals surface area contributed by atoms with E-state index in [1.54, 1.807) is 13.1 Å². The van der Waals surface area contributed by atoms with E-state index >= 15 is 0 Å². The van der Waals surface area contributed by atoms with E-state index in [4.69, 9.17) is 4.74 Å². The molecule has 0 saturated heterocycles. The number of rotatable bonds is 9. The van der Waals surface area contributed by atoms with Gasteiger partial charge < -0.3 is 10.1 Å². The Kier molecular flexibility index (Phi) is 6.92. The van der Waals surface area contributed by atoms with Gasteiger partial charge in [0.15, 0.2) is 0 Å². The van der Waals surface area contributed by atoms with Gasteiger partial charge >= 0.3 is 0 Å². The Morgan fingerprint density at radius 2 is 1.83 bits per heavy atom. The second-order valence-corrected chi connectivity index (χ2v) is 9.39. The topological polar surface area (TPSA) is 80.3 Å². The monoisotopic (exact) mass is 417 g/mol. The van der Waals surface area contributed by atoms with Gasteiger partial charge in [0.2, 0.25) is 0 Å². The van der Waals surface area contributed by atoms with Crippen LogP contribution in [0.3, 0.4) is 0 Å². The minimum Gasteiger partial charge on any atom is -0.468 e. The third-order valence-corrected chi connectivity index (χ3v) is 7.27. The number of hydrogen-bond acceptors (Lipinski definition) is 4. The summed E-state index contributed by atoms with van der Waals surface area (Å²) in [4.78, 5) is 10.6. The summed E-state index contributed by atoms with van der Waals surface area (Å²) in [6, 6.07) is 13.4. The predicted octanol–water partition coefficient (Wildman–Crippen LogP) is 2.52. The number of unbranched alkanes of at least 4 members (excludes halogenated alkanes) is 3. The molecule has 0 bridgehead atoms. The predicted molar refractivity (Wildman–Crippen MR) is 112 cm³/mol. The average Bonchev–Trinajstić information content (AvgIpc) is 2.78. The SMILES string of the molecule is Cc1ccc2c(c1)S(=O)(=O)N(C)c1ccccc1C2[NH2+]CCCCCCOC=O. The number of nitrogens with two attached hydrogens (primary N) is 1. The molecule has 6 nitrogen and oxygen atoms in total. The molecule has 0 saturated carbocycles. The molecular weight excluding hydrogens is 388 g/mol. The van der Waals surface area contributed by atoms with Crippen LogP contribution in [0, 0.1) is 6.92 Å². The molecule has 1 aliphatic rings. The van der Waals surface area contributed by atoms with E-state index in [0.29, 0.717) is 18.0 Å². The molecule has 156 valence electrons. The molecule has 2 aromatic carbocycles. The molecule has 0 aliphatic carbocycles. The lowest BCUT2D eigenvalue weighted by molar-refractivity contribution is -0.687. The van der Waals surface area contributed by atoms with Gasteiger partial charge in [-0.1, -0.05) is 30.3 Å². The van der Waals surface area contributed by atoms with Crippen molar-refractivity contribution in [1.82, 2.24) is 0 Å². The second kappa shape index (κ2) is 9.41. The van der Waals surface area contributed by atoms with Crippen LogP contribution < -0.4 is 9.62 Å². The summed E-state index contributed by atoms with van der Waals surface area (Å²) in [5.41, 5.74) is 3.52. The maximum absolute atomic E-state index is 13.3. The van der Waals surface area contributed by atoms with Gasteiger partial charge in [-0.3, -0.25) is 9.10 Å². The van der Waals surface area contributed by atoms with E-state index in [1.807, 2.05) is 43.3 Å². The fourth-order valence-electron chi connectivity index (χ4n) is 3.87. The number of sulfonamides is 1. The summed E-state index contributed by atoms with van der Waals surface area (Å²) >= 11 is 0. The average molecular weight is 418 g/mol. The number of quaternary nitrogens is 1. The lowest BCUT2D eigenvalue weighted by atomic mass is 9.96. The number of aryl methyl sites for hydroxylation is 1. The van der Waals surface area contributed by atoms with Crippen LogP contribution in [0.2, 0.25) is 0 Å². The third-order valence-electron chi connectivity index (χ3n) is 5.44. The summed E-state index contributed by atoms with van der Waals surface area (Å²) in [6.07, 6.45) is 3.95. The summed E-state index contributed by atoms with van der Waals surface area (Å²) in [5.74, 6) is 0. The minimum absolute atomic E-state index is 0.0695. The van der Waals surface area contributed by atoms with Gasteiger partial charge in [-0.15, -0.1) is 0 Å². The number of fused-ring (bicyclic) bond motifs is 2. The van der Waals surface area contributed by atoms with Crippen molar-refractivity contribution >= 4 is 22.2 Å². The first-order chi connectivity index (χ1) is 14.0. The van der Waals surface area contributed by atoms with Crippen LogP contribution in [-0.2, 0) is 19.6 Å². The highest BCUT2D eigenvalue weighted by Crippen LogP contribution is 2.38. The Morgan fingerprint density at radius 1 is 1.07 bits per heavy atom. The lowest BCUT2D eigenvalue weighted by Crippen LogP contribution is -2.85. The molecule has 2 N–H and O–H groups in total. The van der Waals surface area contributed by atoms with E-state index in [1.165, 1.54) is 4.31 Å². The van der Waals surface area contributed by atoms with Gasteiger partial charge in [0.05, 0.1) is 23.7 Å². The molecule has 1 aliphatic heterocycles. The molecule has 29 heavy (non-hydrogen) atoms. The molecule has 7 heteroatoms. The van der Waals surface area contributed by atoms with Gasteiger partial charge in [-0.05, 0) is 50.3 Å². The Labute approximate surface area is 172 Å². The molecule has 1 unspecified atom stereocenters. The summed E-state index contributed by atoms with van der Waals surface area (Å²) < 4.78 is 32.6. The molecule has 0 spiro atoms. The van der Waals surface area contributed by atoms with Gasteiger partial charge in [0, 0.05) is 18.2 Å². The van der Waals surface area contributed by atoms with E-state index in [0.717, 1.165) is 54.6 Å². The van der Waals surface area contributed by atoms with Gasteiger partial charge in [0.25, 0.3) is 16.5 Å². The highest BCUT2D eigenvalue weighted by molar-refractivity contribution is 7.92. The smallest absolute Gasteiger partial charge is 0.293 e. The zero-order valence-corrected chi connectivity index (χ0v) is 17.8. The number of nitrogens with zero attached hydrogens (tertiary/aromatic N) is 1. The lowest BCUT2D eigenvalue weighted by Gasteiger charge is -2.20. The van der Waals surface area contributed by atoms with Gasteiger partial charge in [-0.25, -0.2) is 8.42 Å². The van der Waals surface area contributed by atoms with Crippen molar-refractivity contribution in [3.63, 3.8) is 0 Å². The zero-order valence-electron chi connectivity index (χ0n) is 17.0. The summed E-state index contributed by atoms with van der Waals surface area (Å²) in [7, 11) is -1.97. The molecule has 0 amide bonds. The Morgan fingerprint density at radius 3 is 2.62 bits per heavy atom. The van der Waals surface area contributed by atoms with Crippen LogP contribution in [0.5, 0.6) is 0 Å². The maximum atomic E-state index is 13.3. The molecule has 0 fully saturated rings. The quantitative estimate of drug-likeness (QED) is 0.502. The number of ether oxygens (including phenoxy) is 1. The highest BCUT2D eigenvalue weighted by Gasteiger charge is 2.36. The Balaban J connectivity index is 1.83. The highest BCUT2D eigenvalue weighted by atomic mass is 32.2. The number of carbonyl (C=O) groups is 1. The number of benzene rings is 2. The molecule has 1 atom stereocenters. The standard InChI is InChI=1S/C22H28N2O4S/c1-17-11-12-19-21(15-17)29(26,27)24(2)20-10-6-5-9-18(20)22(19)23-13-7-3-4-8-14-28-16-25/h5-6,9-12,15-16,22-23H,3-4,7-8,13-14H2,1-2H3/p+1. The van der Waals surface area contributed by atoms with Gasteiger partial charge in [0.1, 0.15) is 6.04 Å². The van der Waals surface area contributed by atoms with Crippen LogP contribution in [0.1, 0.15) is 48.4 Å². The van der Waals surface area contributed by atoms with E-state index in [-0.39, 0.29) is 6.04 Å². The summed E-state index contributed by atoms with van der Waals surface area (Å²) in [5, 5.41) is 2.24. The summed E-state index contributed by atoms with van der Waals surface area (Å²) in [6.45, 7) is 3.77. The fraction of sp³-hybridized carbons (Fsp3) is 0.409. The van der Waals surface area contributed by atoms with E-state index in [2.05, 4.69) is 5.32 Å². The van der Waals surface area contributed by atoms with Crippen molar-refractivity contribution in [3.05, 3.63) is 59.2 Å². The van der Waals surface area contributed by atoms with Crippen LogP contribution in [0.4, 0.5) is 5.69 Å². The largest absolute Gasteiger partial charge is 0.468 e. The second-order valence-electron chi connectivity index (χ2n) is 7.46. The number of carbonyl (C=O) groups excluding carboxylic acids is 1. The first-order valence-electron chi connectivity index (χ1n) is 10.0. The van der Waals surface area contributed by atoms with E-state index < -0.39 is 10.0 Å². The first kappa shape index (κ1) is 21.3. The molecule has 1 heterocycles. The Bertz CT molecular complexity index is 959. The van der Waals surface area contributed by atoms with Crippen molar-refractivity contribution in [3.8, 4) is 0 Å². The normalized spacial score (nSPS) is 17.2. The third kappa shape index (κ3) is 4.62. The van der Waals surface area contributed by atoms with Crippen molar-refractivity contribution in [1.29, 1.82) is 0 Å². The molecule has 0 aromatic heterocycles. The molecule has 0 radical (unpaired) electrons. The Hall–Kier alpha value is -2.38. The number of para-hydroxylation sites is 1. The number of hydrogen-bond donors (Lipinski definition) is 1. The van der Waals surface area contributed by atoms with E-state index in [9.17, 15) is 13.2 Å². The first-order valence-corrected chi connectivity index (χ1v) is 11.5. The number of anilines is 1. The molecule has 2 aromatic rings. The van der Waals surface area contributed by atoms with Crippen LogP contribution in [0.25, 0.3) is 0 Å². The maximum Gasteiger partial charge on any atom is 0.293 e. The molecule has 3 rings (SSSR count). The minimum atomic E-state index is -3.60. The van der Waals surface area contributed by atoms with Crippen molar-refractivity contribution in [2.75, 3.05) is 24.5 Å². The van der Waals surface area contributed by atoms with Crippen molar-refractivity contribution in [2.45, 2.75) is 43.5 Å². The van der Waals surface area contributed by atoms with Crippen LogP contribution >= 0.6 is 0 Å².